The van der Waals surface area contributed by atoms with Crippen LogP contribution in [0.2, 0.25) is 0 Å². The first-order valence-electron chi connectivity index (χ1n) is 9.37. The monoisotopic (exact) mass is 377 g/mol. The second kappa shape index (κ2) is 9.67. The highest BCUT2D eigenvalue weighted by atomic mass is 16.5. The van der Waals surface area contributed by atoms with Gasteiger partial charge in [-0.05, 0) is 36.6 Å². The predicted octanol–water partition coefficient (Wildman–Crippen LogP) is 2.50. The summed E-state index contributed by atoms with van der Waals surface area (Å²) in [4.78, 5) is 26.5. The molecular formula is C22H23N3O3. The van der Waals surface area contributed by atoms with Crippen molar-refractivity contribution in [2.24, 2.45) is 0 Å². The molecule has 28 heavy (non-hydrogen) atoms. The first kappa shape index (κ1) is 19.6. The number of esters is 1. The smallest absolute Gasteiger partial charge is 0.338 e. The van der Waals surface area contributed by atoms with E-state index < -0.39 is 5.97 Å². The lowest BCUT2D eigenvalue weighted by Crippen LogP contribution is -2.45. The molecule has 1 heterocycles. The summed E-state index contributed by atoms with van der Waals surface area (Å²) in [6.45, 7) is 2.43. The second-order valence-corrected chi connectivity index (χ2v) is 6.87. The van der Waals surface area contributed by atoms with Crippen molar-refractivity contribution in [2.45, 2.75) is 25.4 Å². The van der Waals surface area contributed by atoms with Gasteiger partial charge in [0.15, 0.2) is 6.61 Å². The lowest BCUT2D eigenvalue weighted by Gasteiger charge is -2.32. The first-order chi connectivity index (χ1) is 13.6. The molecule has 0 radical (unpaired) electrons. The summed E-state index contributed by atoms with van der Waals surface area (Å²) in [5.74, 6) is -0.906. The van der Waals surface area contributed by atoms with Crippen LogP contribution in [0.1, 0.15) is 34.3 Å². The molecule has 0 aromatic heterocycles. The van der Waals surface area contributed by atoms with E-state index in [0.717, 1.165) is 32.5 Å². The third-order valence-electron chi connectivity index (χ3n) is 4.76. The highest BCUT2D eigenvalue weighted by Gasteiger charge is 2.21. The molecule has 0 spiro atoms. The van der Waals surface area contributed by atoms with E-state index in [1.54, 1.807) is 18.2 Å². The average Bonchev–Trinajstić information content (AvgIpc) is 2.74. The van der Waals surface area contributed by atoms with Gasteiger partial charge in [0.1, 0.15) is 0 Å². The number of hydrogen-bond donors (Lipinski definition) is 1. The number of nitrogens with one attached hydrogen (secondary N) is 1. The third kappa shape index (κ3) is 5.66. The number of amides is 1. The molecule has 6 heteroatoms. The van der Waals surface area contributed by atoms with Crippen LogP contribution in [-0.2, 0) is 16.1 Å². The number of rotatable bonds is 6. The maximum Gasteiger partial charge on any atom is 0.338 e. The molecule has 6 nitrogen and oxygen atoms in total. The fourth-order valence-electron chi connectivity index (χ4n) is 3.28. The van der Waals surface area contributed by atoms with E-state index in [-0.39, 0.29) is 24.1 Å². The maximum absolute atomic E-state index is 12.1. The van der Waals surface area contributed by atoms with Gasteiger partial charge in [-0.15, -0.1) is 0 Å². The van der Waals surface area contributed by atoms with Crippen LogP contribution in [0.4, 0.5) is 0 Å². The van der Waals surface area contributed by atoms with Crippen LogP contribution in [-0.4, -0.2) is 42.5 Å². The molecule has 0 saturated carbocycles. The zero-order valence-electron chi connectivity index (χ0n) is 15.6. The van der Waals surface area contributed by atoms with Gasteiger partial charge in [0.25, 0.3) is 5.91 Å². The van der Waals surface area contributed by atoms with E-state index in [1.807, 2.05) is 24.3 Å². The molecule has 0 bridgehead atoms. The summed E-state index contributed by atoms with van der Waals surface area (Å²) >= 11 is 0. The molecule has 3 rings (SSSR count). The summed E-state index contributed by atoms with van der Waals surface area (Å²) in [5, 5.41) is 11.8. The van der Waals surface area contributed by atoms with Crippen LogP contribution in [0, 0.1) is 11.3 Å². The topological polar surface area (TPSA) is 82.4 Å². The predicted molar refractivity (Wildman–Crippen MR) is 104 cm³/mol. The quantitative estimate of drug-likeness (QED) is 0.782. The number of ether oxygens (including phenoxy) is 1. The second-order valence-electron chi connectivity index (χ2n) is 6.87. The molecule has 1 saturated heterocycles. The number of piperidine rings is 1. The maximum atomic E-state index is 12.1. The summed E-state index contributed by atoms with van der Waals surface area (Å²) < 4.78 is 5.06. The number of benzene rings is 2. The summed E-state index contributed by atoms with van der Waals surface area (Å²) in [6, 6.07) is 18.6. The molecule has 144 valence electrons. The minimum atomic E-state index is -0.607. The van der Waals surface area contributed by atoms with Crippen molar-refractivity contribution in [3.8, 4) is 6.07 Å². The normalized spacial score (nSPS) is 14.8. The summed E-state index contributed by atoms with van der Waals surface area (Å²) in [5.41, 5.74) is 1.93. The Morgan fingerprint density at radius 1 is 1.11 bits per heavy atom. The fraction of sp³-hybridized carbons (Fsp3) is 0.318. The minimum Gasteiger partial charge on any atom is -0.452 e. The Hall–Kier alpha value is -3.17. The molecular weight excluding hydrogens is 354 g/mol. The van der Waals surface area contributed by atoms with Crippen LogP contribution in [0.5, 0.6) is 0 Å². The van der Waals surface area contributed by atoms with Crippen molar-refractivity contribution < 1.29 is 14.3 Å². The molecule has 2 aromatic rings. The van der Waals surface area contributed by atoms with Gasteiger partial charge < -0.3 is 10.1 Å². The molecule has 0 atom stereocenters. The SMILES string of the molecule is N#Cc1cccc(C(=O)OCC(=O)NC2CCN(Cc3ccccc3)CC2)c1. The number of carbonyl (C=O) groups excluding carboxylic acids is 2. The number of nitriles is 1. The summed E-state index contributed by atoms with van der Waals surface area (Å²) in [7, 11) is 0. The zero-order chi connectivity index (χ0) is 19.8. The Kier molecular flexibility index (Phi) is 6.77. The molecule has 1 aliphatic rings. The van der Waals surface area contributed by atoms with Gasteiger partial charge in [-0.3, -0.25) is 9.69 Å². The van der Waals surface area contributed by atoms with Gasteiger partial charge in [0.05, 0.1) is 17.2 Å². The zero-order valence-corrected chi connectivity index (χ0v) is 15.6. The molecule has 1 N–H and O–H groups in total. The lowest BCUT2D eigenvalue weighted by atomic mass is 10.0. The number of nitrogens with zero attached hydrogens (tertiary/aromatic N) is 2. The van der Waals surface area contributed by atoms with Crippen molar-refractivity contribution in [3.63, 3.8) is 0 Å². The fourth-order valence-corrected chi connectivity index (χ4v) is 3.28. The number of carbonyl (C=O) groups is 2. The first-order valence-corrected chi connectivity index (χ1v) is 9.37. The highest BCUT2D eigenvalue weighted by molar-refractivity contribution is 5.91. The average molecular weight is 377 g/mol. The van der Waals surface area contributed by atoms with E-state index in [0.29, 0.717) is 5.56 Å². The Balaban J connectivity index is 1.38. The Morgan fingerprint density at radius 2 is 1.86 bits per heavy atom. The van der Waals surface area contributed by atoms with E-state index >= 15 is 0 Å². The van der Waals surface area contributed by atoms with Crippen molar-refractivity contribution in [1.82, 2.24) is 10.2 Å². The molecule has 1 aliphatic heterocycles. The van der Waals surface area contributed by atoms with Crippen molar-refractivity contribution >= 4 is 11.9 Å². The molecule has 2 aromatic carbocycles. The highest BCUT2D eigenvalue weighted by Crippen LogP contribution is 2.14. The summed E-state index contributed by atoms with van der Waals surface area (Å²) in [6.07, 6.45) is 1.74. The number of likely N-dealkylation sites (tertiary alicyclic amines) is 1. The van der Waals surface area contributed by atoms with Gasteiger partial charge >= 0.3 is 5.97 Å². The third-order valence-corrected chi connectivity index (χ3v) is 4.76. The van der Waals surface area contributed by atoms with Crippen molar-refractivity contribution in [3.05, 3.63) is 71.3 Å². The van der Waals surface area contributed by atoms with E-state index in [9.17, 15) is 9.59 Å². The van der Waals surface area contributed by atoms with Gasteiger partial charge in [0, 0.05) is 25.7 Å². The molecule has 0 aliphatic carbocycles. The van der Waals surface area contributed by atoms with Crippen molar-refractivity contribution in [1.29, 1.82) is 5.26 Å². The van der Waals surface area contributed by atoms with E-state index in [2.05, 4.69) is 22.3 Å². The van der Waals surface area contributed by atoms with Crippen LogP contribution in [0.25, 0.3) is 0 Å². The van der Waals surface area contributed by atoms with Crippen LogP contribution in [0.15, 0.2) is 54.6 Å². The van der Waals surface area contributed by atoms with Gasteiger partial charge in [-0.2, -0.15) is 5.26 Å². The Labute approximate surface area is 164 Å². The van der Waals surface area contributed by atoms with E-state index in [4.69, 9.17) is 10.00 Å². The Bertz CT molecular complexity index is 853. The molecule has 1 fully saturated rings. The van der Waals surface area contributed by atoms with E-state index in [1.165, 1.54) is 11.6 Å². The standard InChI is InChI=1S/C22H23N3O3/c23-14-18-7-4-8-19(13-18)22(27)28-16-21(26)24-20-9-11-25(12-10-20)15-17-5-2-1-3-6-17/h1-8,13,20H,9-12,15-16H2,(H,24,26). The van der Waals surface area contributed by atoms with Crippen LogP contribution >= 0.6 is 0 Å². The van der Waals surface area contributed by atoms with Crippen LogP contribution in [0.3, 0.4) is 0 Å². The van der Waals surface area contributed by atoms with Gasteiger partial charge in [-0.25, -0.2) is 4.79 Å². The lowest BCUT2D eigenvalue weighted by molar-refractivity contribution is -0.125. The van der Waals surface area contributed by atoms with Crippen LogP contribution < -0.4 is 5.32 Å². The Morgan fingerprint density at radius 3 is 2.57 bits per heavy atom. The van der Waals surface area contributed by atoms with Crippen molar-refractivity contribution in [2.75, 3.05) is 19.7 Å². The molecule has 0 unspecified atom stereocenters. The number of hydrogen-bond acceptors (Lipinski definition) is 5. The largest absolute Gasteiger partial charge is 0.452 e. The minimum absolute atomic E-state index is 0.0974. The van der Waals surface area contributed by atoms with Gasteiger partial charge in [0.2, 0.25) is 0 Å². The van der Waals surface area contributed by atoms with Gasteiger partial charge in [-0.1, -0.05) is 36.4 Å². The molecule has 1 amide bonds.